The summed E-state index contributed by atoms with van der Waals surface area (Å²) in [4.78, 5) is 15.1. The zero-order valence-electron chi connectivity index (χ0n) is 11.2. The Labute approximate surface area is 105 Å². The minimum Gasteiger partial charge on any atom is -0.379 e. The standard InChI is InChI=1S/C14H25NO2/c1-3-12(2)13(16)14(6-4-5-7-14)15-8-10-17-11-9-15/h12H,3-11H2,1-2H3. The Bertz CT molecular complexity index is 265. The number of Topliss-reactive ketones (excluding diaryl/α,β-unsaturated/α-hetero) is 1. The summed E-state index contributed by atoms with van der Waals surface area (Å²) in [5.74, 6) is 0.690. The molecule has 0 radical (unpaired) electrons. The van der Waals surface area contributed by atoms with Gasteiger partial charge in [0.25, 0.3) is 0 Å². The van der Waals surface area contributed by atoms with Gasteiger partial charge in [0.1, 0.15) is 0 Å². The fourth-order valence-electron chi connectivity index (χ4n) is 3.31. The second-order valence-corrected chi connectivity index (χ2v) is 5.51. The Hall–Kier alpha value is -0.410. The van der Waals surface area contributed by atoms with Crippen LogP contribution in [0.3, 0.4) is 0 Å². The maximum absolute atomic E-state index is 12.7. The van der Waals surface area contributed by atoms with Gasteiger partial charge in [-0.3, -0.25) is 9.69 Å². The number of carbonyl (C=O) groups is 1. The van der Waals surface area contributed by atoms with Crippen molar-refractivity contribution in [3.05, 3.63) is 0 Å². The molecule has 0 aromatic carbocycles. The third kappa shape index (κ3) is 2.41. The van der Waals surface area contributed by atoms with Crippen LogP contribution in [0.15, 0.2) is 0 Å². The lowest BCUT2D eigenvalue weighted by atomic mass is 9.82. The SMILES string of the molecule is CCC(C)C(=O)C1(N2CCOCC2)CCCC1. The van der Waals surface area contributed by atoms with Gasteiger partial charge in [-0.25, -0.2) is 0 Å². The van der Waals surface area contributed by atoms with Gasteiger partial charge in [-0.05, 0) is 19.3 Å². The molecular formula is C14H25NO2. The number of nitrogens with zero attached hydrogens (tertiary/aromatic N) is 1. The van der Waals surface area contributed by atoms with Gasteiger partial charge in [0.2, 0.25) is 0 Å². The van der Waals surface area contributed by atoms with E-state index in [0.29, 0.717) is 5.78 Å². The summed E-state index contributed by atoms with van der Waals surface area (Å²) in [6, 6.07) is 0. The highest BCUT2D eigenvalue weighted by Gasteiger charge is 2.47. The summed E-state index contributed by atoms with van der Waals surface area (Å²) < 4.78 is 5.42. The monoisotopic (exact) mass is 239 g/mol. The van der Waals surface area contributed by atoms with Crippen LogP contribution in [-0.4, -0.2) is 42.5 Å². The van der Waals surface area contributed by atoms with Crippen molar-refractivity contribution in [3.8, 4) is 0 Å². The average molecular weight is 239 g/mol. The summed E-state index contributed by atoms with van der Waals surface area (Å²) in [6.45, 7) is 7.64. The van der Waals surface area contributed by atoms with Gasteiger partial charge in [-0.1, -0.05) is 26.7 Å². The molecule has 1 aliphatic heterocycles. The summed E-state index contributed by atoms with van der Waals surface area (Å²) in [5, 5.41) is 0. The first-order valence-electron chi connectivity index (χ1n) is 7.08. The van der Waals surface area contributed by atoms with E-state index in [0.717, 1.165) is 45.6 Å². The van der Waals surface area contributed by atoms with E-state index >= 15 is 0 Å². The highest BCUT2D eigenvalue weighted by molar-refractivity contribution is 5.90. The van der Waals surface area contributed by atoms with Crippen molar-refractivity contribution in [2.75, 3.05) is 26.3 Å². The predicted molar refractivity (Wildman–Crippen MR) is 68.1 cm³/mol. The van der Waals surface area contributed by atoms with Crippen LogP contribution in [0.25, 0.3) is 0 Å². The summed E-state index contributed by atoms with van der Waals surface area (Å²) >= 11 is 0. The van der Waals surface area contributed by atoms with Crippen molar-refractivity contribution in [1.82, 2.24) is 4.90 Å². The molecule has 1 unspecified atom stereocenters. The zero-order chi connectivity index (χ0) is 12.3. The van der Waals surface area contributed by atoms with Crippen LogP contribution in [0.2, 0.25) is 0 Å². The van der Waals surface area contributed by atoms with Crippen molar-refractivity contribution in [3.63, 3.8) is 0 Å². The molecule has 0 N–H and O–H groups in total. The zero-order valence-corrected chi connectivity index (χ0v) is 11.2. The summed E-state index contributed by atoms with van der Waals surface area (Å²) in [7, 11) is 0. The number of ether oxygens (including phenoxy) is 1. The van der Waals surface area contributed by atoms with Gasteiger partial charge in [-0.15, -0.1) is 0 Å². The Morgan fingerprint density at radius 1 is 1.29 bits per heavy atom. The molecule has 0 amide bonds. The highest BCUT2D eigenvalue weighted by Crippen LogP contribution is 2.38. The number of carbonyl (C=O) groups excluding carboxylic acids is 1. The molecular weight excluding hydrogens is 214 g/mol. The van der Waals surface area contributed by atoms with Gasteiger partial charge in [0.15, 0.2) is 5.78 Å². The smallest absolute Gasteiger partial charge is 0.155 e. The molecule has 0 aromatic heterocycles. The summed E-state index contributed by atoms with van der Waals surface area (Å²) in [6.07, 6.45) is 5.51. The molecule has 0 spiro atoms. The van der Waals surface area contributed by atoms with Crippen molar-refractivity contribution in [2.45, 2.75) is 51.5 Å². The second kappa shape index (κ2) is 5.49. The number of ketones is 1. The third-order valence-corrected chi connectivity index (χ3v) is 4.57. The number of hydrogen-bond acceptors (Lipinski definition) is 3. The van der Waals surface area contributed by atoms with E-state index < -0.39 is 0 Å². The number of rotatable bonds is 4. The molecule has 0 aromatic rings. The van der Waals surface area contributed by atoms with Crippen molar-refractivity contribution < 1.29 is 9.53 Å². The molecule has 1 heterocycles. The largest absolute Gasteiger partial charge is 0.379 e. The molecule has 98 valence electrons. The van der Waals surface area contributed by atoms with E-state index in [-0.39, 0.29) is 11.5 Å². The second-order valence-electron chi connectivity index (χ2n) is 5.51. The number of hydrogen-bond donors (Lipinski definition) is 0. The summed E-state index contributed by atoms with van der Waals surface area (Å²) in [5.41, 5.74) is -0.140. The lowest BCUT2D eigenvalue weighted by Crippen LogP contribution is -2.58. The minimum atomic E-state index is -0.140. The van der Waals surface area contributed by atoms with Crippen LogP contribution in [0.4, 0.5) is 0 Å². The topological polar surface area (TPSA) is 29.5 Å². The molecule has 3 nitrogen and oxygen atoms in total. The minimum absolute atomic E-state index is 0.140. The van der Waals surface area contributed by atoms with E-state index in [1.807, 2.05) is 0 Å². The fraction of sp³-hybridized carbons (Fsp3) is 0.929. The van der Waals surface area contributed by atoms with Gasteiger partial charge in [-0.2, -0.15) is 0 Å². The van der Waals surface area contributed by atoms with Gasteiger partial charge in [0, 0.05) is 19.0 Å². The molecule has 17 heavy (non-hydrogen) atoms. The Morgan fingerprint density at radius 2 is 1.88 bits per heavy atom. The maximum atomic E-state index is 12.7. The molecule has 3 heteroatoms. The first-order chi connectivity index (χ1) is 8.20. The van der Waals surface area contributed by atoms with E-state index in [2.05, 4.69) is 18.7 Å². The quantitative estimate of drug-likeness (QED) is 0.753. The van der Waals surface area contributed by atoms with Crippen LogP contribution in [0.5, 0.6) is 0 Å². The van der Waals surface area contributed by atoms with Crippen LogP contribution in [0.1, 0.15) is 46.0 Å². The molecule has 1 aliphatic carbocycles. The lowest BCUT2D eigenvalue weighted by molar-refractivity contribution is -0.138. The molecule has 2 aliphatic rings. The van der Waals surface area contributed by atoms with Crippen molar-refractivity contribution in [1.29, 1.82) is 0 Å². The van der Waals surface area contributed by atoms with E-state index in [9.17, 15) is 4.79 Å². The fourth-order valence-corrected chi connectivity index (χ4v) is 3.31. The maximum Gasteiger partial charge on any atom is 0.155 e. The normalized spacial score (nSPS) is 26.9. The molecule has 2 rings (SSSR count). The van der Waals surface area contributed by atoms with Crippen LogP contribution >= 0.6 is 0 Å². The molecule has 1 saturated carbocycles. The Kier molecular flexibility index (Phi) is 4.21. The Balaban J connectivity index is 2.16. The first-order valence-corrected chi connectivity index (χ1v) is 7.08. The third-order valence-electron chi connectivity index (χ3n) is 4.57. The molecule has 2 fully saturated rings. The van der Waals surface area contributed by atoms with Crippen molar-refractivity contribution >= 4 is 5.78 Å². The Morgan fingerprint density at radius 3 is 2.41 bits per heavy atom. The molecule has 1 atom stereocenters. The van der Waals surface area contributed by atoms with E-state index in [1.165, 1.54) is 12.8 Å². The van der Waals surface area contributed by atoms with Gasteiger partial charge in [0.05, 0.1) is 18.8 Å². The highest BCUT2D eigenvalue weighted by atomic mass is 16.5. The van der Waals surface area contributed by atoms with Crippen molar-refractivity contribution in [2.24, 2.45) is 5.92 Å². The van der Waals surface area contributed by atoms with E-state index in [1.54, 1.807) is 0 Å². The van der Waals surface area contributed by atoms with Gasteiger partial charge >= 0.3 is 0 Å². The van der Waals surface area contributed by atoms with Crippen LogP contribution < -0.4 is 0 Å². The molecule has 0 bridgehead atoms. The molecule has 1 saturated heterocycles. The first kappa shape index (κ1) is 13.0. The number of morpholine rings is 1. The average Bonchev–Trinajstić information content (AvgIpc) is 2.88. The van der Waals surface area contributed by atoms with Crippen LogP contribution in [-0.2, 0) is 9.53 Å². The van der Waals surface area contributed by atoms with Gasteiger partial charge < -0.3 is 4.74 Å². The van der Waals surface area contributed by atoms with E-state index in [4.69, 9.17) is 4.74 Å². The predicted octanol–water partition coefficient (Wildman–Crippen LogP) is 2.25. The lowest BCUT2D eigenvalue weighted by Gasteiger charge is -2.43. The van der Waals surface area contributed by atoms with Crippen LogP contribution in [0, 0.1) is 5.92 Å².